The van der Waals surface area contributed by atoms with E-state index in [9.17, 15) is 4.79 Å². The maximum Gasteiger partial charge on any atom is 0.126 e. The van der Waals surface area contributed by atoms with E-state index >= 15 is 0 Å². The van der Waals surface area contributed by atoms with Crippen LogP contribution in [-0.2, 0) is 4.79 Å². The van der Waals surface area contributed by atoms with Crippen molar-refractivity contribution < 1.29 is 9.53 Å². The summed E-state index contributed by atoms with van der Waals surface area (Å²) in [7, 11) is 1.67. The predicted octanol–water partition coefficient (Wildman–Crippen LogP) is 3.77. The standard InChI is InChI=1S/C13H17BrO2/c1-8(5-6-15)12-9(2)7-11(14)10(3)13(12)16-4/h6-8H,5H2,1-4H3. The molecule has 1 atom stereocenters. The van der Waals surface area contributed by atoms with E-state index in [1.807, 2.05) is 20.8 Å². The van der Waals surface area contributed by atoms with Crippen LogP contribution in [0.25, 0.3) is 0 Å². The number of rotatable bonds is 4. The van der Waals surface area contributed by atoms with Crippen molar-refractivity contribution in [2.24, 2.45) is 0 Å². The van der Waals surface area contributed by atoms with Crippen LogP contribution in [0.15, 0.2) is 10.5 Å². The minimum Gasteiger partial charge on any atom is -0.496 e. The lowest BCUT2D eigenvalue weighted by atomic mass is 9.91. The zero-order valence-corrected chi connectivity index (χ0v) is 11.7. The van der Waals surface area contributed by atoms with E-state index in [1.165, 1.54) is 0 Å². The number of aldehydes is 1. The van der Waals surface area contributed by atoms with Gasteiger partial charge < -0.3 is 9.53 Å². The van der Waals surface area contributed by atoms with Crippen molar-refractivity contribution in [1.29, 1.82) is 0 Å². The Hall–Kier alpha value is -0.830. The molecule has 0 fully saturated rings. The van der Waals surface area contributed by atoms with Gasteiger partial charge in [-0.15, -0.1) is 0 Å². The second kappa shape index (κ2) is 5.48. The Labute approximate surface area is 105 Å². The van der Waals surface area contributed by atoms with E-state index < -0.39 is 0 Å². The van der Waals surface area contributed by atoms with Crippen molar-refractivity contribution in [3.05, 3.63) is 27.2 Å². The molecular formula is C13H17BrO2. The van der Waals surface area contributed by atoms with Crippen molar-refractivity contribution in [3.63, 3.8) is 0 Å². The Morgan fingerprint density at radius 3 is 2.62 bits per heavy atom. The highest BCUT2D eigenvalue weighted by molar-refractivity contribution is 9.10. The van der Waals surface area contributed by atoms with Gasteiger partial charge in [0.1, 0.15) is 12.0 Å². The molecule has 1 rings (SSSR count). The zero-order valence-electron chi connectivity index (χ0n) is 10.1. The normalized spacial score (nSPS) is 12.3. The van der Waals surface area contributed by atoms with Gasteiger partial charge in [0.2, 0.25) is 0 Å². The summed E-state index contributed by atoms with van der Waals surface area (Å²) < 4.78 is 6.50. The van der Waals surface area contributed by atoms with Gasteiger partial charge in [0, 0.05) is 22.0 Å². The number of carbonyl (C=O) groups excluding carboxylic acids is 1. The molecule has 0 aliphatic carbocycles. The average Bonchev–Trinajstić information content (AvgIpc) is 2.23. The molecule has 1 aromatic rings. The molecule has 0 bridgehead atoms. The molecule has 88 valence electrons. The van der Waals surface area contributed by atoms with Gasteiger partial charge in [-0.2, -0.15) is 0 Å². The van der Waals surface area contributed by atoms with Gasteiger partial charge in [-0.05, 0) is 31.4 Å². The second-order valence-corrected chi connectivity index (χ2v) is 4.90. The van der Waals surface area contributed by atoms with Crippen molar-refractivity contribution in [2.75, 3.05) is 7.11 Å². The first-order valence-corrected chi connectivity index (χ1v) is 6.09. The second-order valence-electron chi connectivity index (χ2n) is 4.05. The molecule has 2 nitrogen and oxygen atoms in total. The molecule has 16 heavy (non-hydrogen) atoms. The van der Waals surface area contributed by atoms with E-state index in [0.29, 0.717) is 6.42 Å². The SMILES string of the molecule is COc1c(C)c(Br)cc(C)c1C(C)CC=O. The lowest BCUT2D eigenvalue weighted by Gasteiger charge is -2.19. The fourth-order valence-electron chi connectivity index (χ4n) is 2.00. The number of methoxy groups -OCH3 is 1. The minimum atomic E-state index is 0.194. The van der Waals surface area contributed by atoms with Crippen LogP contribution < -0.4 is 4.74 Å². The summed E-state index contributed by atoms with van der Waals surface area (Å²) in [6.07, 6.45) is 1.49. The number of hydrogen-bond acceptors (Lipinski definition) is 2. The van der Waals surface area contributed by atoms with Gasteiger partial charge in [0.05, 0.1) is 7.11 Å². The van der Waals surface area contributed by atoms with Crippen molar-refractivity contribution in [2.45, 2.75) is 33.1 Å². The molecule has 0 radical (unpaired) electrons. The van der Waals surface area contributed by atoms with Gasteiger partial charge in [-0.25, -0.2) is 0 Å². The number of carbonyl (C=O) groups is 1. The first-order valence-electron chi connectivity index (χ1n) is 5.30. The minimum absolute atomic E-state index is 0.194. The molecule has 1 unspecified atom stereocenters. The third kappa shape index (κ3) is 2.46. The number of benzene rings is 1. The maximum atomic E-state index is 10.6. The average molecular weight is 285 g/mol. The Kier molecular flexibility index (Phi) is 4.54. The predicted molar refractivity (Wildman–Crippen MR) is 69.3 cm³/mol. The Morgan fingerprint density at radius 2 is 2.12 bits per heavy atom. The lowest BCUT2D eigenvalue weighted by Crippen LogP contribution is -2.03. The molecule has 0 amide bonds. The Balaban J connectivity index is 3.35. The van der Waals surface area contributed by atoms with Gasteiger partial charge in [-0.3, -0.25) is 0 Å². The van der Waals surface area contributed by atoms with Crippen LogP contribution in [0.4, 0.5) is 0 Å². The van der Waals surface area contributed by atoms with Crippen LogP contribution in [-0.4, -0.2) is 13.4 Å². The van der Waals surface area contributed by atoms with Crippen LogP contribution in [0.2, 0.25) is 0 Å². The van der Waals surface area contributed by atoms with E-state index in [-0.39, 0.29) is 5.92 Å². The molecular weight excluding hydrogens is 268 g/mol. The van der Waals surface area contributed by atoms with Gasteiger partial charge in [-0.1, -0.05) is 22.9 Å². The van der Waals surface area contributed by atoms with Crippen molar-refractivity contribution in [3.8, 4) is 5.75 Å². The summed E-state index contributed by atoms with van der Waals surface area (Å²) in [4.78, 5) is 10.6. The van der Waals surface area contributed by atoms with Crippen LogP contribution in [0.1, 0.15) is 36.0 Å². The summed E-state index contributed by atoms with van der Waals surface area (Å²) in [6, 6.07) is 2.08. The Morgan fingerprint density at radius 1 is 1.50 bits per heavy atom. The largest absolute Gasteiger partial charge is 0.496 e. The van der Waals surface area contributed by atoms with Crippen LogP contribution in [0.5, 0.6) is 5.75 Å². The number of hydrogen-bond donors (Lipinski definition) is 0. The smallest absolute Gasteiger partial charge is 0.126 e. The number of halogens is 1. The summed E-state index contributed by atoms with van der Waals surface area (Å²) in [5.41, 5.74) is 3.37. The summed E-state index contributed by atoms with van der Waals surface area (Å²) in [5.74, 6) is 1.08. The van der Waals surface area contributed by atoms with Gasteiger partial charge in [0.15, 0.2) is 0 Å². The van der Waals surface area contributed by atoms with Gasteiger partial charge in [0.25, 0.3) is 0 Å². The lowest BCUT2D eigenvalue weighted by molar-refractivity contribution is -0.108. The van der Waals surface area contributed by atoms with Crippen LogP contribution in [0.3, 0.4) is 0 Å². The quantitative estimate of drug-likeness (QED) is 0.787. The van der Waals surface area contributed by atoms with Crippen LogP contribution in [0, 0.1) is 13.8 Å². The molecule has 0 aliphatic rings. The molecule has 0 aromatic heterocycles. The fourth-order valence-corrected chi connectivity index (χ4v) is 2.53. The van der Waals surface area contributed by atoms with Crippen molar-refractivity contribution in [1.82, 2.24) is 0 Å². The monoisotopic (exact) mass is 284 g/mol. The number of aryl methyl sites for hydroxylation is 1. The third-order valence-electron chi connectivity index (χ3n) is 2.86. The highest BCUT2D eigenvalue weighted by Gasteiger charge is 2.17. The van der Waals surface area contributed by atoms with E-state index in [2.05, 4.69) is 22.0 Å². The molecule has 0 spiro atoms. The first-order chi connectivity index (χ1) is 7.52. The highest BCUT2D eigenvalue weighted by Crippen LogP contribution is 2.37. The molecule has 0 saturated carbocycles. The van der Waals surface area contributed by atoms with Crippen LogP contribution >= 0.6 is 15.9 Å². The molecule has 0 aliphatic heterocycles. The number of ether oxygens (including phenoxy) is 1. The summed E-state index contributed by atoms with van der Waals surface area (Å²) in [5, 5.41) is 0. The van der Waals surface area contributed by atoms with Gasteiger partial charge >= 0.3 is 0 Å². The van der Waals surface area contributed by atoms with Crippen molar-refractivity contribution >= 4 is 22.2 Å². The summed E-state index contributed by atoms with van der Waals surface area (Å²) in [6.45, 7) is 6.11. The first kappa shape index (κ1) is 13.2. The summed E-state index contributed by atoms with van der Waals surface area (Å²) >= 11 is 3.51. The third-order valence-corrected chi connectivity index (χ3v) is 3.68. The molecule has 3 heteroatoms. The fraction of sp³-hybridized carbons (Fsp3) is 0.462. The maximum absolute atomic E-state index is 10.6. The highest BCUT2D eigenvalue weighted by atomic mass is 79.9. The van der Waals surface area contributed by atoms with E-state index in [0.717, 1.165) is 33.2 Å². The zero-order chi connectivity index (χ0) is 12.3. The molecule has 1 aromatic carbocycles. The molecule has 0 N–H and O–H groups in total. The van der Waals surface area contributed by atoms with E-state index in [1.54, 1.807) is 7.11 Å². The topological polar surface area (TPSA) is 26.3 Å². The Bertz CT molecular complexity index is 399. The van der Waals surface area contributed by atoms with E-state index in [4.69, 9.17) is 4.74 Å². The molecule has 0 heterocycles. The molecule has 0 saturated heterocycles.